The van der Waals surface area contributed by atoms with E-state index in [2.05, 4.69) is 0 Å². The van der Waals surface area contributed by atoms with E-state index in [0.717, 1.165) is 18.9 Å². The topological polar surface area (TPSA) is 74.7 Å². The van der Waals surface area contributed by atoms with E-state index in [9.17, 15) is 13.2 Å². The molecule has 1 saturated heterocycles. The van der Waals surface area contributed by atoms with Gasteiger partial charge in [-0.25, -0.2) is 13.2 Å². The van der Waals surface area contributed by atoms with Crippen LogP contribution in [0.5, 0.6) is 0 Å². The highest BCUT2D eigenvalue weighted by Gasteiger charge is 2.34. The number of hydrogen-bond donors (Lipinski definition) is 1. The van der Waals surface area contributed by atoms with E-state index in [-0.39, 0.29) is 27.4 Å². The first-order valence-electron chi connectivity index (χ1n) is 6.80. The van der Waals surface area contributed by atoms with Crippen LogP contribution in [0, 0.1) is 5.92 Å². The van der Waals surface area contributed by atoms with Gasteiger partial charge in [0.1, 0.15) is 0 Å². The van der Waals surface area contributed by atoms with Crippen molar-refractivity contribution in [3.05, 3.63) is 28.8 Å². The molecule has 1 heterocycles. The lowest BCUT2D eigenvalue weighted by molar-refractivity contribution is 0.0697. The highest BCUT2D eigenvalue weighted by molar-refractivity contribution is 7.89. The Balaban J connectivity index is 2.44. The lowest BCUT2D eigenvalue weighted by atomic mass is 9.94. The zero-order chi connectivity index (χ0) is 15.8. The SMILES string of the molecule is CC1CCCN(S(=O)(=O)c2ccc(Cl)c(C(=O)O)c2)C1C. The van der Waals surface area contributed by atoms with Gasteiger partial charge in [0.05, 0.1) is 15.5 Å². The van der Waals surface area contributed by atoms with Crippen molar-refractivity contribution in [2.45, 2.75) is 37.6 Å². The fraction of sp³-hybridized carbons (Fsp3) is 0.500. The van der Waals surface area contributed by atoms with Crippen LogP contribution < -0.4 is 0 Å². The van der Waals surface area contributed by atoms with Gasteiger partial charge in [0, 0.05) is 12.6 Å². The summed E-state index contributed by atoms with van der Waals surface area (Å²) in [5, 5.41) is 9.10. The second-order valence-corrected chi connectivity index (χ2v) is 7.72. The molecule has 2 atom stereocenters. The molecule has 0 radical (unpaired) electrons. The normalized spacial score (nSPS) is 24.0. The molecule has 5 nitrogen and oxygen atoms in total. The van der Waals surface area contributed by atoms with Gasteiger partial charge >= 0.3 is 5.97 Å². The Kier molecular flexibility index (Phi) is 4.60. The summed E-state index contributed by atoms with van der Waals surface area (Å²) in [7, 11) is -3.71. The first kappa shape index (κ1) is 16.3. The minimum atomic E-state index is -3.71. The molecule has 7 heteroatoms. The van der Waals surface area contributed by atoms with Gasteiger partial charge in [-0.05, 0) is 43.9 Å². The van der Waals surface area contributed by atoms with Crippen molar-refractivity contribution in [3.8, 4) is 0 Å². The van der Waals surface area contributed by atoms with E-state index in [1.165, 1.54) is 16.4 Å². The maximum absolute atomic E-state index is 12.7. The second-order valence-electron chi connectivity index (χ2n) is 5.42. The number of carbonyl (C=O) groups is 1. The van der Waals surface area contributed by atoms with Crippen LogP contribution in [0.3, 0.4) is 0 Å². The van der Waals surface area contributed by atoms with Crippen molar-refractivity contribution in [2.24, 2.45) is 5.92 Å². The first-order chi connectivity index (χ1) is 9.75. The van der Waals surface area contributed by atoms with Crippen molar-refractivity contribution in [1.29, 1.82) is 0 Å². The number of piperidine rings is 1. The van der Waals surface area contributed by atoms with Crippen molar-refractivity contribution >= 4 is 27.6 Å². The summed E-state index contributed by atoms with van der Waals surface area (Å²) in [4.78, 5) is 11.1. The van der Waals surface area contributed by atoms with Gasteiger partial charge in [0.25, 0.3) is 0 Å². The predicted molar refractivity (Wildman–Crippen MR) is 80.2 cm³/mol. The summed E-state index contributed by atoms with van der Waals surface area (Å²) in [6.45, 7) is 4.37. The van der Waals surface area contributed by atoms with E-state index < -0.39 is 16.0 Å². The summed E-state index contributed by atoms with van der Waals surface area (Å²) in [5.41, 5.74) is -0.199. The number of benzene rings is 1. The Morgan fingerprint density at radius 1 is 1.38 bits per heavy atom. The number of carboxylic acid groups (broad SMARTS) is 1. The highest BCUT2D eigenvalue weighted by atomic mass is 35.5. The molecule has 0 bridgehead atoms. The van der Waals surface area contributed by atoms with Crippen molar-refractivity contribution in [2.75, 3.05) is 6.54 Å². The van der Waals surface area contributed by atoms with Crippen molar-refractivity contribution < 1.29 is 18.3 Å². The Morgan fingerprint density at radius 3 is 2.67 bits per heavy atom. The standard InChI is InChI=1S/C14H18ClNO4S/c1-9-4-3-7-16(10(9)2)21(19,20)11-5-6-13(15)12(8-11)14(17)18/h5-6,8-10H,3-4,7H2,1-2H3,(H,17,18). The zero-order valence-corrected chi connectivity index (χ0v) is 13.5. The lowest BCUT2D eigenvalue weighted by Crippen LogP contribution is -2.45. The zero-order valence-electron chi connectivity index (χ0n) is 11.9. The third-order valence-corrected chi connectivity index (χ3v) is 6.40. The molecule has 1 aliphatic heterocycles. The number of nitrogens with zero attached hydrogens (tertiary/aromatic N) is 1. The lowest BCUT2D eigenvalue weighted by Gasteiger charge is -2.36. The number of aromatic carboxylic acids is 1. The number of halogens is 1. The van der Waals surface area contributed by atoms with Crippen LogP contribution in [-0.4, -0.2) is 36.4 Å². The van der Waals surface area contributed by atoms with Crippen LogP contribution in [-0.2, 0) is 10.0 Å². The largest absolute Gasteiger partial charge is 0.478 e. The Bertz CT molecular complexity index is 659. The molecule has 0 aromatic heterocycles. The molecule has 1 aromatic carbocycles. The molecule has 1 fully saturated rings. The molecule has 2 rings (SSSR count). The van der Waals surface area contributed by atoms with E-state index in [4.69, 9.17) is 16.7 Å². The van der Waals surface area contributed by atoms with Gasteiger partial charge in [-0.1, -0.05) is 18.5 Å². The maximum atomic E-state index is 12.7. The fourth-order valence-electron chi connectivity index (χ4n) is 2.60. The van der Waals surface area contributed by atoms with Gasteiger partial charge in [-0.15, -0.1) is 0 Å². The third-order valence-electron chi connectivity index (χ3n) is 4.09. The van der Waals surface area contributed by atoms with Crippen molar-refractivity contribution in [1.82, 2.24) is 4.31 Å². The number of rotatable bonds is 3. The van der Waals surface area contributed by atoms with Gasteiger partial charge in [-0.2, -0.15) is 4.31 Å². The molecule has 2 unspecified atom stereocenters. The Morgan fingerprint density at radius 2 is 2.05 bits per heavy atom. The minimum Gasteiger partial charge on any atom is -0.478 e. The van der Waals surface area contributed by atoms with E-state index >= 15 is 0 Å². The first-order valence-corrected chi connectivity index (χ1v) is 8.61. The molecule has 1 aromatic rings. The van der Waals surface area contributed by atoms with Crippen LogP contribution in [0.2, 0.25) is 5.02 Å². The smallest absolute Gasteiger partial charge is 0.337 e. The minimum absolute atomic E-state index is 0.0229. The maximum Gasteiger partial charge on any atom is 0.337 e. The molecular weight excluding hydrogens is 314 g/mol. The monoisotopic (exact) mass is 331 g/mol. The fourth-order valence-corrected chi connectivity index (χ4v) is 4.59. The van der Waals surface area contributed by atoms with E-state index in [1.54, 1.807) is 0 Å². The van der Waals surface area contributed by atoms with Gasteiger partial charge in [0.2, 0.25) is 10.0 Å². The second kappa shape index (κ2) is 5.94. The number of carboxylic acids is 1. The summed E-state index contributed by atoms with van der Waals surface area (Å²) in [5.74, 6) is -0.961. The summed E-state index contributed by atoms with van der Waals surface area (Å²) in [6.07, 6.45) is 1.80. The predicted octanol–water partition coefficient (Wildman–Crippen LogP) is 2.85. The van der Waals surface area contributed by atoms with Gasteiger partial charge < -0.3 is 5.11 Å². The molecule has 116 valence electrons. The van der Waals surface area contributed by atoms with Crippen LogP contribution in [0.15, 0.2) is 23.1 Å². The highest BCUT2D eigenvalue weighted by Crippen LogP contribution is 2.30. The molecule has 0 saturated carbocycles. The summed E-state index contributed by atoms with van der Waals surface area (Å²) < 4.78 is 26.9. The van der Waals surface area contributed by atoms with Crippen molar-refractivity contribution in [3.63, 3.8) is 0 Å². The number of hydrogen-bond acceptors (Lipinski definition) is 3. The Labute approximate surface area is 129 Å². The molecule has 1 N–H and O–H groups in total. The van der Waals surface area contributed by atoms with E-state index in [1.807, 2.05) is 13.8 Å². The summed E-state index contributed by atoms with van der Waals surface area (Å²) >= 11 is 5.79. The van der Waals surface area contributed by atoms with E-state index in [0.29, 0.717) is 6.54 Å². The van der Waals surface area contributed by atoms with Crippen LogP contribution >= 0.6 is 11.6 Å². The van der Waals surface area contributed by atoms with Crippen LogP contribution in [0.25, 0.3) is 0 Å². The molecular formula is C14H18ClNO4S. The van der Waals surface area contributed by atoms with Gasteiger partial charge in [-0.3, -0.25) is 0 Å². The number of sulfonamides is 1. The van der Waals surface area contributed by atoms with Crippen LogP contribution in [0.1, 0.15) is 37.0 Å². The molecule has 0 aliphatic carbocycles. The quantitative estimate of drug-likeness (QED) is 0.924. The third kappa shape index (κ3) is 3.07. The Hall–Kier alpha value is -1.11. The molecule has 0 amide bonds. The molecule has 1 aliphatic rings. The molecule has 0 spiro atoms. The van der Waals surface area contributed by atoms with Crippen LogP contribution in [0.4, 0.5) is 0 Å². The average Bonchev–Trinajstić information content (AvgIpc) is 2.41. The summed E-state index contributed by atoms with van der Waals surface area (Å²) in [6, 6.07) is 3.70. The van der Waals surface area contributed by atoms with Gasteiger partial charge in [0.15, 0.2) is 0 Å². The average molecular weight is 332 g/mol. The molecule has 21 heavy (non-hydrogen) atoms.